The summed E-state index contributed by atoms with van der Waals surface area (Å²) in [6.45, 7) is 3.18. The van der Waals surface area contributed by atoms with Crippen LogP contribution < -0.4 is 10.3 Å². The molecule has 1 N–H and O–H groups in total. The second-order valence-electron chi connectivity index (χ2n) is 9.05. The number of fused-ring (bicyclic) bond motifs is 1. The highest BCUT2D eigenvalue weighted by molar-refractivity contribution is 6.31. The number of nitrogens with one attached hydrogen (secondary N) is 1. The van der Waals surface area contributed by atoms with Crippen molar-refractivity contribution in [1.82, 2.24) is 24.7 Å². The van der Waals surface area contributed by atoms with E-state index < -0.39 is 17.3 Å². The van der Waals surface area contributed by atoms with Crippen molar-refractivity contribution < 1.29 is 17.9 Å². The average Bonchev–Trinajstić information content (AvgIpc) is 3.37. The molecular weight excluding hydrogens is 545 g/mol. The number of aromatic amines is 1. The Hall–Kier alpha value is -4.69. The second-order valence-corrected chi connectivity index (χ2v) is 9.45. The maximum absolute atomic E-state index is 13.3. The van der Waals surface area contributed by atoms with E-state index in [-0.39, 0.29) is 13.2 Å². The molecule has 8 nitrogen and oxygen atoms in total. The van der Waals surface area contributed by atoms with Crippen LogP contribution in [-0.2, 0) is 19.3 Å². The smallest absolute Gasteiger partial charge is 0.421 e. The van der Waals surface area contributed by atoms with E-state index in [4.69, 9.17) is 16.3 Å². The lowest BCUT2D eigenvalue weighted by Gasteiger charge is -2.16. The molecule has 40 heavy (non-hydrogen) atoms. The fourth-order valence-corrected chi connectivity index (χ4v) is 4.76. The van der Waals surface area contributed by atoms with E-state index in [1.165, 1.54) is 12.4 Å². The van der Waals surface area contributed by atoms with E-state index in [2.05, 4.69) is 26.2 Å². The number of para-hydroxylation sites is 1. The number of benzene rings is 1. The van der Waals surface area contributed by atoms with Gasteiger partial charge in [0.25, 0.3) is 5.56 Å². The molecule has 0 saturated heterocycles. The van der Waals surface area contributed by atoms with Crippen LogP contribution in [0.5, 0.6) is 5.75 Å². The predicted octanol–water partition coefficient (Wildman–Crippen LogP) is 5.97. The van der Waals surface area contributed by atoms with Crippen molar-refractivity contribution >= 4 is 22.5 Å². The molecule has 0 bridgehead atoms. The van der Waals surface area contributed by atoms with Gasteiger partial charge in [-0.3, -0.25) is 14.9 Å². The SMILES string of the molecule is Cc1cc(Cl)c(COc2cccc3c(-c4[nH]ncc4C#N)cc(C)nc23)c(Cn2cccc(C(F)(F)F)c2=O)n1. The van der Waals surface area contributed by atoms with Crippen LogP contribution in [0.15, 0.2) is 59.7 Å². The summed E-state index contributed by atoms with van der Waals surface area (Å²) >= 11 is 6.54. The number of aryl methyl sites for hydroxylation is 2. The minimum Gasteiger partial charge on any atom is -0.486 e. The van der Waals surface area contributed by atoms with Crippen LogP contribution >= 0.6 is 11.6 Å². The van der Waals surface area contributed by atoms with Crippen molar-refractivity contribution in [2.75, 3.05) is 0 Å². The highest BCUT2D eigenvalue weighted by atomic mass is 35.5. The molecular formula is C28H20ClF3N6O2. The van der Waals surface area contributed by atoms with Gasteiger partial charge in [-0.05, 0) is 44.2 Å². The maximum Gasteiger partial charge on any atom is 0.421 e. The zero-order valence-corrected chi connectivity index (χ0v) is 21.9. The first-order valence-corrected chi connectivity index (χ1v) is 12.3. The summed E-state index contributed by atoms with van der Waals surface area (Å²) in [7, 11) is 0. The summed E-state index contributed by atoms with van der Waals surface area (Å²) in [6, 6.07) is 12.8. The van der Waals surface area contributed by atoms with Gasteiger partial charge in [-0.2, -0.15) is 23.5 Å². The summed E-state index contributed by atoms with van der Waals surface area (Å²) in [4.78, 5) is 21.6. The number of ether oxygens (including phenoxy) is 1. The molecule has 1 aromatic carbocycles. The molecule has 202 valence electrons. The molecule has 0 radical (unpaired) electrons. The largest absolute Gasteiger partial charge is 0.486 e. The number of pyridine rings is 3. The van der Waals surface area contributed by atoms with Crippen molar-refractivity contribution in [2.24, 2.45) is 0 Å². The Morgan fingerprint density at radius 1 is 1.12 bits per heavy atom. The topological polar surface area (TPSA) is 109 Å². The molecule has 0 aliphatic heterocycles. The minimum absolute atomic E-state index is 0.0905. The zero-order chi connectivity index (χ0) is 28.6. The second kappa shape index (κ2) is 10.5. The maximum atomic E-state index is 13.3. The van der Waals surface area contributed by atoms with Gasteiger partial charge in [-0.15, -0.1) is 0 Å². The molecule has 0 aliphatic rings. The summed E-state index contributed by atoms with van der Waals surface area (Å²) < 4.78 is 47.0. The Morgan fingerprint density at radius 3 is 2.65 bits per heavy atom. The summed E-state index contributed by atoms with van der Waals surface area (Å²) in [6.07, 6.45) is -2.07. The first-order valence-electron chi connectivity index (χ1n) is 12.0. The fourth-order valence-electron chi connectivity index (χ4n) is 4.44. The molecule has 12 heteroatoms. The van der Waals surface area contributed by atoms with Crippen LogP contribution in [0.2, 0.25) is 5.02 Å². The summed E-state index contributed by atoms with van der Waals surface area (Å²) in [5.74, 6) is 0.416. The van der Waals surface area contributed by atoms with Crippen molar-refractivity contribution in [1.29, 1.82) is 5.26 Å². The van der Waals surface area contributed by atoms with Gasteiger partial charge >= 0.3 is 6.18 Å². The van der Waals surface area contributed by atoms with E-state index in [1.807, 2.05) is 19.1 Å². The van der Waals surface area contributed by atoms with Gasteiger partial charge in [0, 0.05) is 34.1 Å². The van der Waals surface area contributed by atoms with Crippen molar-refractivity contribution in [3.05, 3.63) is 104 Å². The van der Waals surface area contributed by atoms with E-state index in [1.54, 1.807) is 25.1 Å². The lowest BCUT2D eigenvalue weighted by Crippen LogP contribution is -2.29. The number of hydrogen-bond acceptors (Lipinski definition) is 6. The third-order valence-corrected chi connectivity index (χ3v) is 6.60. The van der Waals surface area contributed by atoms with Crippen molar-refractivity contribution in [2.45, 2.75) is 33.2 Å². The quantitative estimate of drug-likeness (QED) is 0.272. The number of halogens is 4. The summed E-state index contributed by atoms with van der Waals surface area (Å²) in [5, 5.41) is 17.3. The Bertz CT molecular complexity index is 1860. The molecule has 0 spiro atoms. The number of nitriles is 1. The molecule has 5 rings (SSSR count). The molecule has 5 aromatic rings. The highest BCUT2D eigenvalue weighted by Crippen LogP contribution is 2.34. The molecule has 0 amide bonds. The number of H-pyrrole nitrogens is 1. The van der Waals surface area contributed by atoms with Crippen LogP contribution in [0.1, 0.15) is 33.8 Å². The van der Waals surface area contributed by atoms with Crippen LogP contribution in [0.4, 0.5) is 13.2 Å². The predicted molar refractivity (Wildman–Crippen MR) is 142 cm³/mol. The zero-order valence-electron chi connectivity index (χ0n) is 21.2. The van der Waals surface area contributed by atoms with Crippen LogP contribution in [0.3, 0.4) is 0 Å². The Labute approximate surface area is 230 Å². The van der Waals surface area contributed by atoms with E-state index in [0.29, 0.717) is 55.6 Å². The molecule has 0 atom stereocenters. The first-order chi connectivity index (χ1) is 19.1. The van der Waals surface area contributed by atoms with Gasteiger partial charge in [-0.1, -0.05) is 23.7 Å². The number of aromatic nitrogens is 5. The van der Waals surface area contributed by atoms with Gasteiger partial charge in [0.1, 0.15) is 29.5 Å². The monoisotopic (exact) mass is 564 g/mol. The normalized spacial score (nSPS) is 11.5. The van der Waals surface area contributed by atoms with Gasteiger partial charge in [-0.25, -0.2) is 4.98 Å². The molecule has 0 aliphatic carbocycles. The highest BCUT2D eigenvalue weighted by Gasteiger charge is 2.34. The lowest BCUT2D eigenvalue weighted by molar-refractivity contribution is -0.138. The fraction of sp³-hybridized carbons (Fsp3) is 0.179. The van der Waals surface area contributed by atoms with Crippen LogP contribution in [0, 0.1) is 25.2 Å². The summed E-state index contributed by atoms with van der Waals surface area (Å²) in [5.41, 5.74) is 1.66. The van der Waals surface area contributed by atoms with Crippen LogP contribution in [-0.4, -0.2) is 24.7 Å². The number of nitrogens with zero attached hydrogens (tertiary/aromatic N) is 5. The van der Waals surface area contributed by atoms with Crippen LogP contribution in [0.25, 0.3) is 22.2 Å². The van der Waals surface area contributed by atoms with E-state index in [0.717, 1.165) is 22.3 Å². The van der Waals surface area contributed by atoms with Crippen molar-refractivity contribution in [3.63, 3.8) is 0 Å². The minimum atomic E-state index is -4.79. The Kier molecular flexibility index (Phi) is 7.04. The molecule has 4 aromatic heterocycles. The van der Waals surface area contributed by atoms with E-state index >= 15 is 0 Å². The number of rotatable bonds is 6. The number of alkyl halides is 3. The first kappa shape index (κ1) is 26.9. The third kappa shape index (κ3) is 5.13. The number of hydrogen-bond donors (Lipinski definition) is 1. The third-order valence-electron chi connectivity index (χ3n) is 6.26. The molecule has 0 fully saturated rings. The molecule has 0 unspecified atom stereocenters. The Morgan fingerprint density at radius 2 is 1.90 bits per heavy atom. The van der Waals surface area contributed by atoms with Crippen molar-refractivity contribution in [3.8, 4) is 23.1 Å². The molecule has 0 saturated carbocycles. The average molecular weight is 565 g/mol. The van der Waals surface area contributed by atoms with Gasteiger partial charge < -0.3 is 9.30 Å². The van der Waals surface area contributed by atoms with Gasteiger partial charge in [0.2, 0.25) is 0 Å². The standard InChI is InChI=1S/C28H20ClF3N6O2/c1-15-9-19(25-17(11-33)12-34-37-25)18-5-3-7-24(26(18)36-15)40-14-20-22(29)10-16(2)35-23(20)13-38-8-4-6-21(27(38)39)28(30,31)32/h3-10,12H,13-14H2,1-2H3,(H,34,37). The molecule has 4 heterocycles. The van der Waals surface area contributed by atoms with Gasteiger partial charge in [0.15, 0.2) is 0 Å². The van der Waals surface area contributed by atoms with E-state index in [9.17, 15) is 23.2 Å². The Balaban J connectivity index is 1.53. The lowest BCUT2D eigenvalue weighted by atomic mass is 10.0. The van der Waals surface area contributed by atoms with Gasteiger partial charge in [0.05, 0.1) is 34.7 Å².